The van der Waals surface area contributed by atoms with Gasteiger partial charge in [0, 0.05) is 13.2 Å². The fourth-order valence-corrected chi connectivity index (χ4v) is 2.02. The molecule has 0 radical (unpaired) electrons. The van der Waals surface area contributed by atoms with Crippen molar-refractivity contribution >= 4 is 5.97 Å². The highest BCUT2D eigenvalue weighted by Gasteiger charge is 2.19. The zero-order chi connectivity index (χ0) is 14.8. The molecular formula is C16H24O4. The van der Waals surface area contributed by atoms with Crippen molar-refractivity contribution < 1.29 is 19.4 Å². The summed E-state index contributed by atoms with van der Waals surface area (Å²) in [5, 5.41) is 9.30. The third-order valence-corrected chi connectivity index (χ3v) is 3.26. The summed E-state index contributed by atoms with van der Waals surface area (Å²) in [7, 11) is 1.60. The van der Waals surface area contributed by atoms with E-state index in [9.17, 15) is 9.90 Å². The Bertz CT molecular complexity index is 403. The zero-order valence-corrected chi connectivity index (χ0v) is 12.3. The average Bonchev–Trinajstić information content (AvgIpc) is 2.46. The Kier molecular flexibility index (Phi) is 7.73. The van der Waals surface area contributed by atoms with E-state index < -0.39 is 11.9 Å². The molecule has 1 rings (SSSR count). The molecule has 0 bridgehead atoms. The van der Waals surface area contributed by atoms with Gasteiger partial charge in [0.05, 0.1) is 13.0 Å². The van der Waals surface area contributed by atoms with Crippen LogP contribution in [0, 0.1) is 5.92 Å². The topological polar surface area (TPSA) is 55.8 Å². The standard InChI is InChI=1S/C16H24O4/c1-3-4-10-20-11-9-14(16(17)18)12-13-7-5-6-8-15(13)19-2/h5-8,14H,3-4,9-12H2,1-2H3,(H,17,18). The molecule has 1 atom stereocenters. The monoisotopic (exact) mass is 280 g/mol. The number of para-hydroxylation sites is 1. The molecule has 0 saturated carbocycles. The number of rotatable bonds is 10. The summed E-state index contributed by atoms with van der Waals surface area (Å²) in [6.45, 7) is 3.30. The summed E-state index contributed by atoms with van der Waals surface area (Å²) in [6.07, 6.45) is 3.10. The summed E-state index contributed by atoms with van der Waals surface area (Å²) in [4.78, 5) is 11.3. The molecule has 0 amide bonds. The lowest BCUT2D eigenvalue weighted by atomic mass is 9.96. The maximum Gasteiger partial charge on any atom is 0.306 e. The number of hydrogen-bond acceptors (Lipinski definition) is 3. The molecule has 0 saturated heterocycles. The van der Waals surface area contributed by atoms with Crippen LogP contribution < -0.4 is 4.74 Å². The van der Waals surface area contributed by atoms with Gasteiger partial charge in [-0.15, -0.1) is 0 Å². The predicted octanol–water partition coefficient (Wildman–Crippen LogP) is 3.15. The molecule has 4 heteroatoms. The van der Waals surface area contributed by atoms with Gasteiger partial charge in [0.25, 0.3) is 0 Å². The summed E-state index contributed by atoms with van der Waals surface area (Å²) < 4.78 is 10.7. The van der Waals surface area contributed by atoms with Gasteiger partial charge in [-0.2, -0.15) is 0 Å². The van der Waals surface area contributed by atoms with E-state index in [2.05, 4.69) is 6.92 Å². The third-order valence-electron chi connectivity index (χ3n) is 3.26. The molecule has 0 heterocycles. The van der Waals surface area contributed by atoms with Crippen molar-refractivity contribution in [2.45, 2.75) is 32.6 Å². The van der Waals surface area contributed by atoms with Crippen LogP contribution in [0.3, 0.4) is 0 Å². The second-order valence-electron chi connectivity index (χ2n) is 4.81. The molecule has 0 aliphatic carbocycles. The van der Waals surface area contributed by atoms with Crippen LogP contribution >= 0.6 is 0 Å². The van der Waals surface area contributed by atoms with E-state index in [1.807, 2.05) is 24.3 Å². The van der Waals surface area contributed by atoms with Gasteiger partial charge >= 0.3 is 5.97 Å². The molecule has 0 aliphatic rings. The van der Waals surface area contributed by atoms with Crippen LogP contribution in [0.5, 0.6) is 5.75 Å². The van der Waals surface area contributed by atoms with Gasteiger partial charge in [0.15, 0.2) is 0 Å². The van der Waals surface area contributed by atoms with Crippen molar-refractivity contribution in [3.05, 3.63) is 29.8 Å². The lowest BCUT2D eigenvalue weighted by molar-refractivity contribution is -0.142. The molecule has 1 N–H and O–H groups in total. The largest absolute Gasteiger partial charge is 0.496 e. The molecule has 0 spiro atoms. The SMILES string of the molecule is CCCCOCCC(Cc1ccccc1OC)C(=O)O. The number of benzene rings is 1. The summed E-state index contributed by atoms with van der Waals surface area (Å²) in [5.74, 6) is -0.478. The molecule has 1 unspecified atom stereocenters. The normalized spacial score (nSPS) is 12.1. The number of carboxylic acid groups (broad SMARTS) is 1. The number of unbranched alkanes of at least 4 members (excludes halogenated alkanes) is 1. The highest BCUT2D eigenvalue weighted by atomic mass is 16.5. The molecule has 112 valence electrons. The fourth-order valence-electron chi connectivity index (χ4n) is 2.02. The fraction of sp³-hybridized carbons (Fsp3) is 0.562. The van der Waals surface area contributed by atoms with E-state index in [-0.39, 0.29) is 0 Å². The highest BCUT2D eigenvalue weighted by Crippen LogP contribution is 2.22. The number of carboxylic acids is 1. The Labute approximate surface area is 120 Å². The first-order valence-corrected chi connectivity index (χ1v) is 7.11. The second-order valence-corrected chi connectivity index (χ2v) is 4.81. The number of methoxy groups -OCH3 is 1. The molecular weight excluding hydrogens is 256 g/mol. The van der Waals surface area contributed by atoms with Crippen LogP contribution in [0.4, 0.5) is 0 Å². The van der Waals surface area contributed by atoms with Gasteiger partial charge in [-0.05, 0) is 30.9 Å². The maximum atomic E-state index is 11.3. The van der Waals surface area contributed by atoms with Crippen molar-refractivity contribution in [3.63, 3.8) is 0 Å². The van der Waals surface area contributed by atoms with Crippen LogP contribution in [0.15, 0.2) is 24.3 Å². The summed E-state index contributed by atoms with van der Waals surface area (Å²) in [5.41, 5.74) is 0.927. The number of ether oxygens (including phenoxy) is 2. The number of carbonyl (C=O) groups is 1. The zero-order valence-electron chi connectivity index (χ0n) is 12.3. The molecule has 0 fully saturated rings. The Balaban J connectivity index is 2.52. The van der Waals surface area contributed by atoms with Crippen molar-refractivity contribution in [2.24, 2.45) is 5.92 Å². The number of hydrogen-bond donors (Lipinski definition) is 1. The van der Waals surface area contributed by atoms with Gasteiger partial charge in [0.2, 0.25) is 0 Å². The van der Waals surface area contributed by atoms with Gasteiger partial charge in [0.1, 0.15) is 5.75 Å². The minimum Gasteiger partial charge on any atom is -0.496 e. The Hall–Kier alpha value is -1.55. The summed E-state index contributed by atoms with van der Waals surface area (Å²) in [6, 6.07) is 7.54. The predicted molar refractivity (Wildman–Crippen MR) is 78.2 cm³/mol. The van der Waals surface area contributed by atoms with Gasteiger partial charge in [-0.25, -0.2) is 0 Å². The smallest absolute Gasteiger partial charge is 0.306 e. The van der Waals surface area contributed by atoms with E-state index in [0.29, 0.717) is 26.1 Å². The van der Waals surface area contributed by atoms with E-state index in [4.69, 9.17) is 9.47 Å². The van der Waals surface area contributed by atoms with E-state index in [1.54, 1.807) is 7.11 Å². The third kappa shape index (κ3) is 5.61. The van der Waals surface area contributed by atoms with Crippen LogP contribution in [-0.4, -0.2) is 31.4 Å². The average molecular weight is 280 g/mol. The molecule has 0 aromatic heterocycles. The van der Waals surface area contributed by atoms with Crippen molar-refractivity contribution in [1.29, 1.82) is 0 Å². The Morgan fingerprint density at radius 1 is 1.30 bits per heavy atom. The van der Waals surface area contributed by atoms with Crippen LogP contribution in [0.1, 0.15) is 31.7 Å². The lowest BCUT2D eigenvalue weighted by Gasteiger charge is -2.14. The van der Waals surface area contributed by atoms with Gasteiger partial charge in [-0.3, -0.25) is 4.79 Å². The van der Waals surface area contributed by atoms with Crippen LogP contribution in [0.25, 0.3) is 0 Å². The molecule has 0 aliphatic heterocycles. The molecule has 1 aromatic carbocycles. The van der Waals surface area contributed by atoms with Crippen LogP contribution in [0.2, 0.25) is 0 Å². The molecule has 1 aromatic rings. The maximum absolute atomic E-state index is 11.3. The first-order chi connectivity index (χ1) is 9.69. The molecule has 20 heavy (non-hydrogen) atoms. The number of aliphatic carboxylic acids is 1. The minimum atomic E-state index is -0.782. The second kappa shape index (κ2) is 9.37. The lowest BCUT2D eigenvalue weighted by Crippen LogP contribution is -2.19. The van der Waals surface area contributed by atoms with Gasteiger partial charge < -0.3 is 14.6 Å². The van der Waals surface area contributed by atoms with E-state index in [0.717, 1.165) is 24.2 Å². The summed E-state index contributed by atoms with van der Waals surface area (Å²) >= 11 is 0. The minimum absolute atomic E-state index is 0.437. The van der Waals surface area contributed by atoms with Crippen LogP contribution in [-0.2, 0) is 16.0 Å². The van der Waals surface area contributed by atoms with Crippen molar-refractivity contribution in [2.75, 3.05) is 20.3 Å². The Morgan fingerprint density at radius 3 is 2.70 bits per heavy atom. The first kappa shape index (κ1) is 16.5. The molecule has 4 nitrogen and oxygen atoms in total. The van der Waals surface area contributed by atoms with Gasteiger partial charge in [-0.1, -0.05) is 31.5 Å². The van der Waals surface area contributed by atoms with Crippen molar-refractivity contribution in [1.82, 2.24) is 0 Å². The highest BCUT2D eigenvalue weighted by molar-refractivity contribution is 5.70. The van der Waals surface area contributed by atoms with Crippen molar-refractivity contribution in [3.8, 4) is 5.75 Å². The van der Waals surface area contributed by atoms with E-state index in [1.165, 1.54) is 0 Å². The Morgan fingerprint density at radius 2 is 2.05 bits per heavy atom. The first-order valence-electron chi connectivity index (χ1n) is 7.11. The quantitative estimate of drug-likeness (QED) is 0.669. The van der Waals surface area contributed by atoms with E-state index >= 15 is 0 Å².